The molecule has 2 bridgehead atoms. The van der Waals surface area contributed by atoms with E-state index in [0.717, 1.165) is 12.8 Å². The van der Waals surface area contributed by atoms with Gasteiger partial charge in [-0.05, 0) is 31.0 Å². The Morgan fingerprint density at radius 1 is 1.10 bits per heavy atom. The number of aromatic nitrogens is 4. The number of hydrogen-bond acceptors (Lipinski definition) is 7. The molecular weight excluding hydrogens is 394 g/mol. The van der Waals surface area contributed by atoms with E-state index in [-0.39, 0.29) is 18.0 Å². The number of rotatable bonds is 4. The molecule has 1 aromatic carbocycles. The first-order chi connectivity index (χ1) is 15.2. The minimum Gasteiger partial charge on any atom is -0.492 e. The quantitative estimate of drug-likeness (QED) is 0.643. The van der Waals surface area contributed by atoms with E-state index in [1.807, 2.05) is 29.2 Å². The molecule has 2 saturated heterocycles. The fourth-order valence-corrected chi connectivity index (χ4v) is 4.66. The number of anilines is 1. The molecule has 0 spiro atoms. The molecule has 9 heteroatoms. The summed E-state index contributed by atoms with van der Waals surface area (Å²) in [5, 5.41) is 17.8. The summed E-state index contributed by atoms with van der Waals surface area (Å²) in [7, 11) is 1.56. The van der Waals surface area contributed by atoms with Crippen LogP contribution in [0.3, 0.4) is 0 Å². The lowest BCUT2D eigenvalue weighted by Gasteiger charge is -2.42. The van der Waals surface area contributed by atoms with E-state index in [1.54, 1.807) is 31.8 Å². The molecule has 31 heavy (non-hydrogen) atoms. The molecular formula is C22H21N7O2. The summed E-state index contributed by atoms with van der Waals surface area (Å²) >= 11 is 0. The molecule has 2 aliphatic heterocycles. The van der Waals surface area contributed by atoms with E-state index in [2.05, 4.69) is 26.2 Å². The summed E-state index contributed by atoms with van der Waals surface area (Å²) in [6, 6.07) is 11.5. The minimum absolute atomic E-state index is 0.0323. The van der Waals surface area contributed by atoms with E-state index in [1.165, 1.54) is 4.80 Å². The number of carbonyl (C=O) groups excluding carboxylic acids is 1. The molecule has 9 nitrogen and oxygen atoms in total. The number of methoxy groups -OCH3 is 1. The Hall–Kier alpha value is -3.93. The largest absolute Gasteiger partial charge is 0.492 e. The van der Waals surface area contributed by atoms with E-state index < -0.39 is 0 Å². The number of likely N-dealkylation sites (tertiary alicyclic amines) is 1. The highest BCUT2D eigenvalue weighted by molar-refractivity contribution is 5.98. The monoisotopic (exact) mass is 415 g/mol. The van der Waals surface area contributed by atoms with Crippen molar-refractivity contribution < 1.29 is 9.53 Å². The van der Waals surface area contributed by atoms with E-state index in [9.17, 15) is 10.1 Å². The minimum atomic E-state index is -0.0323. The molecule has 2 aliphatic rings. The molecule has 0 radical (unpaired) electrons. The molecule has 3 aromatic rings. The summed E-state index contributed by atoms with van der Waals surface area (Å²) in [5.41, 5.74) is 1.71. The summed E-state index contributed by atoms with van der Waals surface area (Å²) in [6.45, 7) is 1.16. The highest BCUT2D eigenvalue weighted by Crippen LogP contribution is 2.40. The Morgan fingerprint density at radius 3 is 2.48 bits per heavy atom. The van der Waals surface area contributed by atoms with Gasteiger partial charge in [0.15, 0.2) is 11.6 Å². The Morgan fingerprint density at radius 2 is 1.81 bits per heavy atom. The zero-order chi connectivity index (χ0) is 21.4. The fourth-order valence-electron chi connectivity index (χ4n) is 4.66. The van der Waals surface area contributed by atoms with Crippen molar-refractivity contribution in [3.8, 4) is 17.5 Å². The van der Waals surface area contributed by atoms with Crippen LogP contribution in [0.5, 0.6) is 5.75 Å². The Balaban J connectivity index is 1.43. The maximum atomic E-state index is 13.5. The SMILES string of the molecule is COc1c(C#N)ccnc1N1C2CCC1CN(C(=O)c1ccccc1-n1nccn1)C2. The van der Waals surface area contributed by atoms with E-state index in [4.69, 9.17) is 4.74 Å². The summed E-state index contributed by atoms with van der Waals surface area (Å²) in [6.07, 6.45) is 6.74. The van der Waals surface area contributed by atoms with Gasteiger partial charge < -0.3 is 14.5 Å². The Kier molecular flexibility index (Phi) is 4.75. The van der Waals surface area contributed by atoms with Gasteiger partial charge in [-0.25, -0.2) is 4.98 Å². The number of pyridine rings is 1. The molecule has 0 N–H and O–H groups in total. The molecule has 4 heterocycles. The van der Waals surface area contributed by atoms with Gasteiger partial charge in [-0.2, -0.15) is 20.3 Å². The molecule has 2 atom stereocenters. The standard InChI is InChI=1S/C22H21N7O2/c1-31-20-15(12-23)8-9-24-21(20)28-16-6-7-17(28)14-27(13-16)22(30)18-4-2-3-5-19(18)29-25-10-11-26-29/h2-5,8-11,16-17H,6-7,13-14H2,1H3. The summed E-state index contributed by atoms with van der Waals surface area (Å²) < 4.78 is 5.52. The van der Waals surface area contributed by atoms with Gasteiger partial charge >= 0.3 is 0 Å². The van der Waals surface area contributed by atoms with Crippen LogP contribution in [0, 0.1) is 11.3 Å². The number of fused-ring (bicyclic) bond motifs is 2. The smallest absolute Gasteiger partial charge is 0.256 e. The summed E-state index contributed by atoms with van der Waals surface area (Å²) in [5.74, 6) is 1.15. The zero-order valence-corrected chi connectivity index (χ0v) is 17.0. The van der Waals surface area contributed by atoms with Gasteiger partial charge in [-0.1, -0.05) is 12.1 Å². The Labute approximate surface area is 179 Å². The fraction of sp³-hybridized carbons (Fsp3) is 0.318. The first kappa shape index (κ1) is 19.1. The lowest BCUT2D eigenvalue weighted by molar-refractivity contribution is 0.0717. The second-order valence-electron chi connectivity index (χ2n) is 7.67. The van der Waals surface area contributed by atoms with Gasteiger partial charge in [0.05, 0.1) is 36.3 Å². The number of piperazine rings is 1. The average molecular weight is 415 g/mol. The number of nitrogens with zero attached hydrogens (tertiary/aromatic N) is 7. The molecule has 0 aliphatic carbocycles. The van der Waals surface area contributed by atoms with Crippen molar-refractivity contribution in [1.82, 2.24) is 24.9 Å². The number of amides is 1. The van der Waals surface area contributed by atoms with Gasteiger partial charge in [0.25, 0.3) is 5.91 Å². The maximum absolute atomic E-state index is 13.5. The molecule has 156 valence electrons. The van der Waals surface area contributed by atoms with Crippen LogP contribution in [0.25, 0.3) is 5.69 Å². The normalized spacial score (nSPS) is 19.9. The predicted octanol–water partition coefficient (Wildman–Crippen LogP) is 2.04. The van der Waals surface area contributed by atoms with Crippen molar-refractivity contribution in [1.29, 1.82) is 5.26 Å². The third kappa shape index (κ3) is 3.17. The average Bonchev–Trinajstić information content (AvgIpc) is 3.44. The predicted molar refractivity (Wildman–Crippen MR) is 112 cm³/mol. The highest BCUT2D eigenvalue weighted by atomic mass is 16.5. The van der Waals surface area contributed by atoms with Gasteiger partial charge in [-0.15, -0.1) is 0 Å². The maximum Gasteiger partial charge on any atom is 0.256 e. The third-order valence-corrected chi connectivity index (χ3v) is 5.99. The molecule has 0 saturated carbocycles. The van der Waals surface area contributed by atoms with Crippen molar-refractivity contribution >= 4 is 11.7 Å². The lowest BCUT2D eigenvalue weighted by Crippen LogP contribution is -2.56. The topological polar surface area (TPSA) is 100 Å². The highest BCUT2D eigenvalue weighted by Gasteiger charge is 2.43. The van der Waals surface area contributed by atoms with Crippen LogP contribution in [0.4, 0.5) is 5.82 Å². The van der Waals surface area contributed by atoms with Gasteiger partial charge in [-0.3, -0.25) is 4.79 Å². The van der Waals surface area contributed by atoms with Crippen molar-refractivity contribution in [2.24, 2.45) is 0 Å². The third-order valence-electron chi connectivity index (χ3n) is 5.99. The second kappa shape index (κ2) is 7.72. The van der Waals surface area contributed by atoms with Crippen molar-refractivity contribution in [2.75, 3.05) is 25.1 Å². The number of benzene rings is 1. The van der Waals surface area contributed by atoms with E-state index in [0.29, 0.717) is 41.5 Å². The van der Waals surface area contributed by atoms with Crippen LogP contribution in [-0.4, -0.2) is 63.1 Å². The van der Waals surface area contributed by atoms with Gasteiger partial charge in [0.2, 0.25) is 0 Å². The van der Waals surface area contributed by atoms with Crippen molar-refractivity contribution in [2.45, 2.75) is 24.9 Å². The van der Waals surface area contributed by atoms with Crippen LogP contribution in [0.2, 0.25) is 0 Å². The lowest BCUT2D eigenvalue weighted by atomic mass is 10.1. The van der Waals surface area contributed by atoms with Crippen LogP contribution in [-0.2, 0) is 0 Å². The number of hydrogen-bond donors (Lipinski definition) is 0. The molecule has 2 fully saturated rings. The molecule has 2 unspecified atom stereocenters. The van der Waals surface area contributed by atoms with Crippen LogP contribution < -0.4 is 9.64 Å². The van der Waals surface area contributed by atoms with Crippen LogP contribution in [0.15, 0.2) is 48.9 Å². The Bertz CT molecular complexity index is 1140. The first-order valence-electron chi connectivity index (χ1n) is 10.2. The van der Waals surface area contributed by atoms with E-state index >= 15 is 0 Å². The zero-order valence-electron chi connectivity index (χ0n) is 17.0. The number of nitriles is 1. The van der Waals surface area contributed by atoms with Crippen molar-refractivity contribution in [3.63, 3.8) is 0 Å². The van der Waals surface area contributed by atoms with Crippen LogP contribution >= 0.6 is 0 Å². The number of carbonyl (C=O) groups is 1. The molecule has 2 aromatic heterocycles. The van der Waals surface area contributed by atoms with Crippen molar-refractivity contribution in [3.05, 3.63) is 60.0 Å². The van der Waals surface area contributed by atoms with Crippen LogP contribution in [0.1, 0.15) is 28.8 Å². The number of ether oxygens (including phenoxy) is 1. The van der Waals surface area contributed by atoms with Gasteiger partial charge in [0.1, 0.15) is 6.07 Å². The van der Waals surface area contributed by atoms with Gasteiger partial charge in [0, 0.05) is 31.4 Å². The molecule has 5 rings (SSSR count). The number of para-hydroxylation sites is 1. The first-order valence-corrected chi connectivity index (χ1v) is 10.2. The second-order valence-corrected chi connectivity index (χ2v) is 7.67. The summed E-state index contributed by atoms with van der Waals surface area (Å²) in [4.78, 5) is 23.6. The molecule has 1 amide bonds.